The molecule has 0 atom stereocenters. The van der Waals surface area contributed by atoms with Gasteiger partial charge in [-0.2, -0.15) is 0 Å². The van der Waals surface area contributed by atoms with E-state index in [4.69, 9.17) is 5.11 Å². The Morgan fingerprint density at radius 3 is 2.80 bits per heavy atom. The van der Waals surface area contributed by atoms with Crippen molar-refractivity contribution in [1.82, 2.24) is 9.55 Å². The molecule has 0 radical (unpaired) electrons. The van der Waals surface area contributed by atoms with E-state index in [1.807, 2.05) is 35.9 Å². The molecule has 0 unspecified atom stereocenters. The summed E-state index contributed by atoms with van der Waals surface area (Å²) in [6.07, 6.45) is 3.68. The van der Waals surface area contributed by atoms with Gasteiger partial charge in [0.05, 0.1) is 6.61 Å². The second-order valence-corrected chi connectivity index (χ2v) is 4.13. The monoisotopic (exact) mass is 266 g/mol. The predicted molar refractivity (Wildman–Crippen MR) is 61.9 cm³/mol. The first kappa shape index (κ1) is 10.4. The molecule has 0 saturated carbocycles. The highest BCUT2D eigenvalue weighted by atomic mass is 79.9. The van der Waals surface area contributed by atoms with Crippen LogP contribution in [0.5, 0.6) is 0 Å². The van der Waals surface area contributed by atoms with E-state index in [0.717, 1.165) is 21.5 Å². The number of aryl methyl sites for hydroxylation is 1. The van der Waals surface area contributed by atoms with Crippen molar-refractivity contribution in [3.05, 3.63) is 46.5 Å². The van der Waals surface area contributed by atoms with Crippen molar-refractivity contribution < 1.29 is 5.11 Å². The molecule has 4 heteroatoms. The van der Waals surface area contributed by atoms with Crippen LogP contribution in [0.4, 0.5) is 0 Å². The van der Waals surface area contributed by atoms with Crippen LogP contribution in [0, 0.1) is 6.92 Å². The standard InChI is InChI=1S/C11H11BrN2O/c1-8-13-4-5-14(8)10-3-2-9(7-15)11(12)6-10/h2-6,15H,7H2,1H3. The Morgan fingerprint density at radius 2 is 2.27 bits per heavy atom. The van der Waals surface area contributed by atoms with Crippen molar-refractivity contribution in [2.75, 3.05) is 0 Å². The summed E-state index contributed by atoms with van der Waals surface area (Å²) >= 11 is 3.42. The van der Waals surface area contributed by atoms with Gasteiger partial charge in [0.15, 0.2) is 0 Å². The largest absolute Gasteiger partial charge is 0.392 e. The molecule has 2 rings (SSSR count). The van der Waals surface area contributed by atoms with Crippen LogP contribution < -0.4 is 0 Å². The summed E-state index contributed by atoms with van der Waals surface area (Å²) < 4.78 is 2.90. The fourth-order valence-electron chi connectivity index (χ4n) is 1.47. The predicted octanol–water partition coefficient (Wildman–Crippen LogP) is 2.44. The van der Waals surface area contributed by atoms with Crippen molar-refractivity contribution in [1.29, 1.82) is 0 Å². The molecule has 0 aliphatic carbocycles. The Bertz CT molecular complexity index is 479. The van der Waals surface area contributed by atoms with Gasteiger partial charge in [0.1, 0.15) is 5.82 Å². The van der Waals surface area contributed by atoms with Crippen molar-refractivity contribution in [3.8, 4) is 5.69 Å². The maximum Gasteiger partial charge on any atom is 0.110 e. The number of benzene rings is 1. The summed E-state index contributed by atoms with van der Waals surface area (Å²) in [4.78, 5) is 4.16. The van der Waals surface area contributed by atoms with E-state index >= 15 is 0 Å². The first-order valence-electron chi connectivity index (χ1n) is 4.62. The molecule has 1 aromatic carbocycles. The number of aromatic nitrogens is 2. The maximum atomic E-state index is 9.05. The highest BCUT2D eigenvalue weighted by molar-refractivity contribution is 9.10. The van der Waals surface area contributed by atoms with E-state index < -0.39 is 0 Å². The molecule has 1 heterocycles. The van der Waals surface area contributed by atoms with E-state index in [-0.39, 0.29) is 6.61 Å². The maximum absolute atomic E-state index is 9.05. The zero-order valence-corrected chi connectivity index (χ0v) is 9.90. The van der Waals surface area contributed by atoms with Crippen LogP contribution in [0.25, 0.3) is 5.69 Å². The van der Waals surface area contributed by atoms with Gasteiger partial charge in [-0.3, -0.25) is 0 Å². The smallest absolute Gasteiger partial charge is 0.110 e. The van der Waals surface area contributed by atoms with Crippen molar-refractivity contribution >= 4 is 15.9 Å². The SMILES string of the molecule is Cc1nccn1-c1ccc(CO)c(Br)c1. The Labute approximate surface area is 96.5 Å². The lowest BCUT2D eigenvalue weighted by Crippen LogP contribution is -1.96. The van der Waals surface area contributed by atoms with Crippen LogP contribution in [-0.2, 0) is 6.61 Å². The van der Waals surface area contributed by atoms with Crippen molar-refractivity contribution in [3.63, 3.8) is 0 Å². The molecule has 0 spiro atoms. The second-order valence-electron chi connectivity index (χ2n) is 3.28. The van der Waals surface area contributed by atoms with E-state index in [2.05, 4.69) is 20.9 Å². The molecule has 1 aromatic heterocycles. The molecule has 0 fully saturated rings. The number of halogens is 1. The van der Waals surface area contributed by atoms with Gasteiger partial charge >= 0.3 is 0 Å². The van der Waals surface area contributed by atoms with Crippen LogP contribution in [0.2, 0.25) is 0 Å². The molecule has 2 aromatic rings. The van der Waals surface area contributed by atoms with Crippen molar-refractivity contribution in [2.24, 2.45) is 0 Å². The topological polar surface area (TPSA) is 38.0 Å². The third kappa shape index (κ3) is 1.96. The minimum absolute atomic E-state index is 0.0454. The molecule has 0 aliphatic rings. The third-order valence-electron chi connectivity index (χ3n) is 2.31. The van der Waals surface area contributed by atoms with Crippen LogP contribution in [0.3, 0.4) is 0 Å². The van der Waals surface area contributed by atoms with E-state index in [9.17, 15) is 0 Å². The lowest BCUT2D eigenvalue weighted by molar-refractivity contribution is 0.281. The number of rotatable bonds is 2. The molecular weight excluding hydrogens is 256 g/mol. The van der Waals surface area contributed by atoms with Gasteiger partial charge in [0, 0.05) is 22.6 Å². The van der Waals surface area contributed by atoms with Crippen LogP contribution in [0.15, 0.2) is 35.1 Å². The van der Waals surface area contributed by atoms with Crippen LogP contribution in [0.1, 0.15) is 11.4 Å². The summed E-state index contributed by atoms with van der Waals surface area (Å²) in [6.45, 7) is 2.00. The van der Waals surface area contributed by atoms with E-state index in [1.165, 1.54) is 0 Å². The summed E-state index contributed by atoms with van der Waals surface area (Å²) in [6, 6.07) is 5.84. The molecule has 0 bridgehead atoms. The molecule has 3 nitrogen and oxygen atoms in total. The second kappa shape index (κ2) is 4.16. The quantitative estimate of drug-likeness (QED) is 0.907. The number of aliphatic hydroxyl groups excluding tert-OH is 1. The summed E-state index contributed by atoms with van der Waals surface area (Å²) in [5.74, 6) is 0.943. The summed E-state index contributed by atoms with van der Waals surface area (Å²) in [7, 11) is 0. The highest BCUT2D eigenvalue weighted by Crippen LogP contribution is 2.21. The fraction of sp³-hybridized carbons (Fsp3) is 0.182. The average Bonchev–Trinajstić information content (AvgIpc) is 2.64. The molecule has 1 N–H and O–H groups in total. The Kier molecular flexibility index (Phi) is 2.88. The van der Waals surface area contributed by atoms with E-state index in [0.29, 0.717) is 0 Å². The number of imidazole rings is 1. The van der Waals surface area contributed by atoms with Gasteiger partial charge in [-0.1, -0.05) is 22.0 Å². The summed E-state index contributed by atoms with van der Waals surface area (Å²) in [5, 5.41) is 9.05. The summed E-state index contributed by atoms with van der Waals surface area (Å²) in [5.41, 5.74) is 1.92. The van der Waals surface area contributed by atoms with Crippen molar-refractivity contribution in [2.45, 2.75) is 13.5 Å². The molecular formula is C11H11BrN2O. The molecule has 15 heavy (non-hydrogen) atoms. The lowest BCUT2D eigenvalue weighted by Gasteiger charge is -2.07. The molecule has 0 aliphatic heterocycles. The van der Waals surface area contributed by atoms with Crippen LogP contribution >= 0.6 is 15.9 Å². The normalized spacial score (nSPS) is 10.6. The number of nitrogens with zero attached hydrogens (tertiary/aromatic N) is 2. The van der Waals surface area contributed by atoms with Gasteiger partial charge < -0.3 is 9.67 Å². The zero-order valence-electron chi connectivity index (χ0n) is 8.31. The van der Waals surface area contributed by atoms with Gasteiger partial charge in [-0.15, -0.1) is 0 Å². The molecule has 0 saturated heterocycles. The van der Waals surface area contributed by atoms with Crippen LogP contribution in [-0.4, -0.2) is 14.7 Å². The van der Waals surface area contributed by atoms with E-state index in [1.54, 1.807) is 6.20 Å². The first-order valence-corrected chi connectivity index (χ1v) is 5.41. The Morgan fingerprint density at radius 1 is 1.47 bits per heavy atom. The Balaban J connectivity index is 2.47. The Hall–Kier alpha value is -1.13. The minimum Gasteiger partial charge on any atom is -0.392 e. The van der Waals surface area contributed by atoms with Gasteiger partial charge in [0.25, 0.3) is 0 Å². The lowest BCUT2D eigenvalue weighted by atomic mass is 10.2. The number of aliphatic hydroxyl groups is 1. The zero-order chi connectivity index (χ0) is 10.8. The highest BCUT2D eigenvalue weighted by Gasteiger charge is 2.03. The third-order valence-corrected chi connectivity index (χ3v) is 3.05. The average molecular weight is 267 g/mol. The molecule has 0 amide bonds. The first-order chi connectivity index (χ1) is 7.22. The fourth-order valence-corrected chi connectivity index (χ4v) is 1.96. The number of hydrogen-bond donors (Lipinski definition) is 1. The van der Waals surface area contributed by atoms with Gasteiger partial charge in [-0.05, 0) is 24.6 Å². The minimum atomic E-state index is 0.0454. The number of hydrogen-bond acceptors (Lipinski definition) is 2. The van der Waals surface area contributed by atoms with Gasteiger partial charge in [-0.25, -0.2) is 4.98 Å². The van der Waals surface area contributed by atoms with Gasteiger partial charge in [0.2, 0.25) is 0 Å². The molecule has 78 valence electrons.